The van der Waals surface area contributed by atoms with E-state index in [4.69, 9.17) is 21.1 Å². The second-order valence-corrected chi connectivity index (χ2v) is 11.9. The Morgan fingerprint density at radius 2 is 2.11 bits per heavy atom. The first kappa shape index (κ1) is 25.2. The third-order valence-electron chi connectivity index (χ3n) is 6.24. The van der Waals surface area contributed by atoms with Gasteiger partial charge in [0.15, 0.2) is 15.6 Å². The lowest BCUT2D eigenvalue weighted by atomic mass is 9.99. The average Bonchev–Trinajstić information content (AvgIpc) is 2.79. The van der Waals surface area contributed by atoms with Gasteiger partial charge >= 0.3 is 0 Å². The van der Waals surface area contributed by atoms with E-state index >= 15 is 0 Å². The maximum Gasteiger partial charge on any atom is 0.272 e. The van der Waals surface area contributed by atoms with Crippen LogP contribution in [-0.2, 0) is 14.6 Å². The number of rotatable bonds is 7. The van der Waals surface area contributed by atoms with Crippen LogP contribution in [0.5, 0.6) is 11.6 Å². The van der Waals surface area contributed by atoms with Crippen molar-refractivity contribution in [2.75, 3.05) is 12.4 Å². The van der Waals surface area contributed by atoms with Crippen LogP contribution in [0.25, 0.3) is 0 Å². The molecule has 0 radical (unpaired) electrons. The second-order valence-electron chi connectivity index (χ2n) is 8.80. The lowest BCUT2D eigenvalue weighted by Gasteiger charge is -2.44. The van der Waals surface area contributed by atoms with Crippen LogP contribution in [0.4, 0.5) is 8.78 Å². The van der Waals surface area contributed by atoms with E-state index in [9.17, 15) is 22.0 Å². The fraction of sp³-hybridized carbons (Fsp3) is 0.391. The Hall–Kier alpha value is -2.92. The van der Waals surface area contributed by atoms with Crippen LogP contribution in [0.2, 0.25) is 5.02 Å². The van der Waals surface area contributed by atoms with Gasteiger partial charge in [-0.3, -0.25) is 4.79 Å². The molecule has 1 amide bonds. The van der Waals surface area contributed by atoms with Crippen molar-refractivity contribution in [2.24, 2.45) is 0 Å². The molecule has 0 bridgehead atoms. The van der Waals surface area contributed by atoms with Gasteiger partial charge in [0.2, 0.25) is 5.91 Å². The molecule has 1 fully saturated rings. The molecule has 0 aliphatic carbocycles. The number of ether oxygens (including phenoxy) is 2. The SMILES string of the molecule is CC1=C(C(=O)NC2CS(=O)(=O)C2(C)C)CC=C2C=CC(Oc3ncc(Cl)cc3OCC(F)F)=CN21. The van der Waals surface area contributed by atoms with E-state index in [1.807, 2.05) is 6.08 Å². The van der Waals surface area contributed by atoms with Crippen LogP contribution in [0.1, 0.15) is 27.2 Å². The summed E-state index contributed by atoms with van der Waals surface area (Å²) < 4.78 is 59.0. The van der Waals surface area contributed by atoms with E-state index in [1.54, 1.807) is 44.0 Å². The molecule has 4 heterocycles. The molecule has 0 aromatic carbocycles. The number of sulfone groups is 1. The number of nitrogens with one attached hydrogen (secondary N) is 1. The van der Waals surface area contributed by atoms with Crippen LogP contribution in [-0.4, -0.2) is 53.8 Å². The molecule has 1 unspecified atom stereocenters. The fourth-order valence-corrected chi connectivity index (χ4v) is 5.63. The first-order valence-corrected chi connectivity index (χ1v) is 12.8. The molecular weight excluding hydrogens is 504 g/mol. The number of aromatic nitrogens is 1. The molecule has 0 saturated carbocycles. The van der Waals surface area contributed by atoms with Crippen molar-refractivity contribution in [3.8, 4) is 11.6 Å². The van der Waals surface area contributed by atoms with Gasteiger partial charge in [-0.15, -0.1) is 0 Å². The lowest BCUT2D eigenvalue weighted by Crippen LogP contribution is -2.67. The molecule has 3 aliphatic heterocycles. The summed E-state index contributed by atoms with van der Waals surface area (Å²) in [5.41, 5.74) is 1.95. The molecule has 1 saturated heterocycles. The average molecular weight is 528 g/mol. The van der Waals surface area contributed by atoms with Gasteiger partial charge in [0.1, 0.15) is 12.4 Å². The lowest BCUT2D eigenvalue weighted by molar-refractivity contribution is -0.118. The zero-order valence-electron chi connectivity index (χ0n) is 19.2. The molecule has 8 nitrogen and oxygen atoms in total. The number of halogens is 3. The van der Waals surface area contributed by atoms with Crippen molar-refractivity contribution in [3.05, 3.63) is 64.4 Å². The monoisotopic (exact) mass is 527 g/mol. The van der Waals surface area contributed by atoms with Crippen molar-refractivity contribution < 1.29 is 31.5 Å². The number of amides is 1. The highest BCUT2D eigenvalue weighted by Gasteiger charge is 2.54. The Kier molecular flexibility index (Phi) is 6.67. The maximum absolute atomic E-state index is 13.0. The Bertz CT molecular complexity index is 1290. The fourth-order valence-electron chi connectivity index (χ4n) is 3.83. The van der Waals surface area contributed by atoms with Gasteiger partial charge in [-0.1, -0.05) is 17.7 Å². The smallest absolute Gasteiger partial charge is 0.272 e. The summed E-state index contributed by atoms with van der Waals surface area (Å²) >= 11 is 5.91. The number of nitrogens with zero attached hydrogens (tertiary/aromatic N) is 2. The Labute approximate surface area is 206 Å². The minimum Gasteiger partial charge on any atom is -0.482 e. The van der Waals surface area contributed by atoms with E-state index in [0.29, 0.717) is 23.5 Å². The van der Waals surface area contributed by atoms with Crippen molar-refractivity contribution in [1.82, 2.24) is 15.2 Å². The number of hydrogen-bond donors (Lipinski definition) is 1. The summed E-state index contributed by atoms with van der Waals surface area (Å²) in [7, 11) is -3.22. The minimum atomic E-state index is -3.22. The number of alkyl halides is 2. The largest absolute Gasteiger partial charge is 0.482 e. The van der Waals surface area contributed by atoms with Gasteiger partial charge in [0.05, 0.1) is 27.8 Å². The molecule has 0 spiro atoms. The van der Waals surface area contributed by atoms with Gasteiger partial charge < -0.3 is 19.7 Å². The van der Waals surface area contributed by atoms with Gasteiger partial charge in [0, 0.05) is 29.2 Å². The van der Waals surface area contributed by atoms with E-state index in [1.165, 1.54) is 12.3 Å². The predicted octanol–water partition coefficient (Wildman–Crippen LogP) is 3.72. The molecule has 188 valence electrons. The number of fused-ring (bicyclic) bond motifs is 1. The normalized spacial score (nSPS) is 22.1. The van der Waals surface area contributed by atoms with E-state index in [0.717, 1.165) is 5.70 Å². The van der Waals surface area contributed by atoms with Crippen LogP contribution >= 0.6 is 11.6 Å². The minimum absolute atomic E-state index is 0.0301. The number of pyridine rings is 1. The van der Waals surface area contributed by atoms with Gasteiger partial charge in [-0.05, 0) is 39.3 Å². The van der Waals surface area contributed by atoms with Crippen molar-refractivity contribution in [1.29, 1.82) is 0 Å². The molecule has 1 aromatic rings. The van der Waals surface area contributed by atoms with Crippen LogP contribution in [0.15, 0.2) is 59.4 Å². The Morgan fingerprint density at radius 3 is 2.77 bits per heavy atom. The highest BCUT2D eigenvalue weighted by atomic mass is 35.5. The van der Waals surface area contributed by atoms with E-state index in [2.05, 4.69) is 10.3 Å². The van der Waals surface area contributed by atoms with Crippen LogP contribution in [0, 0.1) is 0 Å². The first-order chi connectivity index (χ1) is 16.4. The third-order valence-corrected chi connectivity index (χ3v) is 9.10. The predicted molar refractivity (Wildman–Crippen MR) is 126 cm³/mol. The second kappa shape index (κ2) is 9.27. The Balaban J connectivity index is 1.52. The number of carbonyl (C=O) groups is 1. The van der Waals surface area contributed by atoms with Crippen LogP contribution < -0.4 is 14.8 Å². The summed E-state index contributed by atoms with van der Waals surface area (Å²) in [6.07, 6.45) is 5.97. The summed E-state index contributed by atoms with van der Waals surface area (Å²) in [5, 5.41) is 3.04. The van der Waals surface area contributed by atoms with Crippen molar-refractivity contribution in [2.45, 2.75) is 44.4 Å². The molecule has 1 N–H and O–H groups in total. The molecule has 35 heavy (non-hydrogen) atoms. The van der Waals surface area contributed by atoms with Crippen molar-refractivity contribution >= 4 is 27.3 Å². The standard InChI is InChI=1S/C23H24ClF2N3O5S/c1-13-17(21(30)28-19-12-35(31,32)23(19,2)3)7-5-15-4-6-16(10-29(13)15)34-22-18(33-11-20(25)26)8-14(24)9-27-22/h4-6,8-10,19-20H,7,11-12H2,1-3H3,(H,28,30). The first-order valence-electron chi connectivity index (χ1n) is 10.8. The topological polar surface area (TPSA) is 97.8 Å². The number of hydrogen-bond acceptors (Lipinski definition) is 7. The van der Waals surface area contributed by atoms with Gasteiger partial charge in [-0.2, -0.15) is 0 Å². The molecular formula is C23H24ClF2N3O5S. The highest BCUT2D eigenvalue weighted by molar-refractivity contribution is 7.94. The molecule has 4 rings (SSSR count). The van der Waals surface area contributed by atoms with Crippen LogP contribution in [0.3, 0.4) is 0 Å². The summed E-state index contributed by atoms with van der Waals surface area (Å²) in [4.78, 5) is 18.8. The van der Waals surface area contributed by atoms with Gasteiger partial charge in [-0.25, -0.2) is 22.2 Å². The maximum atomic E-state index is 13.0. The molecule has 12 heteroatoms. The Morgan fingerprint density at radius 1 is 1.37 bits per heavy atom. The van der Waals surface area contributed by atoms with E-state index in [-0.39, 0.29) is 28.3 Å². The zero-order valence-corrected chi connectivity index (χ0v) is 20.8. The molecule has 1 aromatic heterocycles. The summed E-state index contributed by atoms with van der Waals surface area (Å²) in [6.45, 7) is 4.13. The van der Waals surface area contributed by atoms with E-state index < -0.39 is 33.7 Å². The van der Waals surface area contributed by atoms with Crippen molar-refractivity contribution in [3.63, 3.8) is 0 Å². The number of carbonyl (C=O) groups excluding carboxylic acids is 1. The van der Waals surface area contributed by atoms with Gasteiger partial charge in [0.25, 0.3) is 12.3 Å². The quantitative estimate of drug-likeness (QED) is 0.577. The molecule has 1 atom stereocenters. The summed E-state index contributed by atoms with van der Waals surface area (Å²) in [6, 6.07) is 0.866. The third kappa shape index (κ3) is 4.92. The molecule has 3 aliphatic rings. The number of allylic oxidation sites excluding steroid dienone is 4. The highest BCUT2D eigenvalue weighted by Crippen LogP contribution is 2.36. The summed E-state index contributed by atoms with van der Waals surface area (Å²) in [5.74, 6) is -0.168. The zero-order chi connectivity index (χ0) is 25.5.